The largest absolute Gasteiger partial charge is 0.493 e. The van der Waals surface area contributed by atoms with Gasteiger partial charge in [0.05, 0.1) is 33.1 Å². The second-order valence-electron chi connectivity index (χ2n) is 4.75. The molecular formula is C16H21NO4. The van der Waals surface area contributed by atoms with Crippen molar-refractivity contribution in [2.24, 2.45) is 0 Å². The van der Waals surface area contributed by atoms with Gasteiger partial charge in [0.25, 0.3) is 0 Å². The summed E-state index contributed by atoms with van der Waals surface area (Å²) in [5.74, 6) is 2.09. The zero-order valence-corrected chi connectivity index (χ0v) is 12.5. The standard InChI is InChI=1S/C16H21NO4/c1-11(17-13(10-18)14-5-4-8-21-14)12-6-7-15(19-2)16(9-12)20-3/h4-9,11,13,17-18H,10H2,1-3H3. The minimum absolute atomic E-state index is 0.0204. The van der Waals surface area contributed by atoms with Crippen LogP contribution in [0.3, 0.4) is 0 Å². The molecule has 0 fully saturated rings. The van der Waals surface area contributed by atoms with Crippen LogP contribution in [0.2, 0.25) is 0 Å². The smallest absolute Gasteiger partial charge is 0.161 e. The molecule has 0 radical (unpaired) electrons. The van der Waals surface area contributed by atoms with Crippen molar-refractivity contribution in [2.45, 2.75) is 19.0 Å². The Morgan fingerprint density at radius 3 is 2.52 bits per heavy atom. The SMILES string of the molecule is COc1ccc(C(C)NC(CO)c2ccco2)cc1OC. The molecule has 21 heavy (non-hydrogen) atoms. The number of aliphatic hydroxyl groups excluding tert-OH is 1. The maximum Gasteiger partial charge on any atom is 0.161 e. The highest BCUT2D eigenvalue weighted by Gasteiger charge is 2.18. The third kappa shape index (κ3) is 3.56. The van der Waals surface area contributed by atoms with Crippen molar-refractivity contribution in [3.8, 4) is 11.5 Å². The number of hydrogen-bond acceptors (Lipinski definition) is 5. The van der Waals surface area contributed by atoms with Gasteiger partial charge in [-0.25, -0.2) is 0 Å². The second-order valence-corrected chi connectivity index (χ2v) is 4.75. The first-order valence-corrected chi connectivity index (χ1v) is 6.81. The number of aliphatic hydroxyl groups is 1. The number of rotatable bonds is 7. The third-order valence-corrected chi connectivity index (χ3v) is 3.43. The summed E-state index contributed by atoms with van der Waals surface area (Å²) in [7, 11) is 3.22. The lowest BCUT2D eigenvalue weighted by Crippen LogP contribution is -2.27. The van der Waals surface area contributed by atoms with Crippen molar-refractivity contribution in [3.63, 3.8) is 0 Å². The van der Waals surface area contributed by atoms with Gasteiger partial charge >= 0.3 is 0 Å². The van der Waals surface area contributed by atoms with E-state index in [0.29, 0.717) is 17.3 Å². The average Bonchev–Trinajstić information content (AvgIpc) is 3.05. The van der Waals surface area contributed by atoms with Crippen LogP contribution in [0.4, 0.5) is 0 Å². The molecule has 0 saturated carbocycles. The fraction of sp³-hybridized carbons (Fsp3) is 0.375. The highest BCUT2D eigenvalue weighted by Crippen LogP contribution is 2.30. The zero-order chi connectivity index (χ0) is 15.2. The molecule has 0 aliphatic rings. The van der Waals surface area contributed by atoms with E-state index in [0.717, 1.165) is 5.56 Å². The van der Waals surface area contributed by atoms with Gasteiger partial charge in [-0.3, -0.25) is 5.32 Å². The Balaban J connectivity index is 2.14. The monoisotopic (exact) mass is 291 g/mol. The van der Waals surface area contributed by atoms with Crippen molar-refractivity contribution < 1.29 is 19.0 Å². The van der Waals surface area contributed by atoms with Crippen molar-refractivity contribution in [2.75, 3.05) is 20.8 Å². The molecule has 2 rings (SSSR count). The summed E-state index contributed by atoms with van der Waals surface area (Å²) in [6.07, 6.45) is 1.60. The number of benzene rings is 1. The van der Waals surface area contributed by atoms with Crippen LogP contribution in [0, 0.1) is 0 Å². The molecule has 0 spiro atoms. The molecule has 0 bridgehead atoms. The Bertz CT molecular complexity index is 553. The molecule has 0 amide bonds. The van der Waals surface area contributed by atoms with E-state index in [9.17, 15) is 5.11 Å². The van der Waals surface area contributed by atoms with Crippen molar-refractivity contribution in [3.05, 3.63) is 47.9 Å². The lowest BCUT2D eigenvalue weighted by Gasteiger charge is -2.21. The van der Waals surface area contributed by atoms with E-state index < -0.39 is 0 Å². The van der Waals surface area contributed by atoms with Gasteiger partial charge in [-0.15, -0.1) is 0 Å². The summed E-state index contributed by atoms with van der Waals surface area (Å²) >= 11 is 0. The maximum absolute atomic E-state index is 9.51. The summed E-state index contributed by atoms with van der Waals surface area (Å²) in [5, 5.41) is 12.8. The highest BCUT2D eigenvalue weighted by atomic mass is 16.5. The molecule has 0 aliphatic carbocycles. The second kappa shape index (κ2) is 7.15. The van der Waals surface area contributed by atoms with Gasteiger partial charge in [-0.2, -0.15) is 0 Å². The molecule has 114 valence electrons. The van der Waals surface area contributed by atoms with Gasteiger partial charge in [-0.05, 0) is 36.8 Å². The number of ether oxygens (including phenoxy) is 2. The van der Waals surface area contributed by atoms with E-state index in [1.165, 1.54) is 0 Å². The molecule has 5 nitrogen and oxygen atoms in total. The molecule has 1 aromatic heterocycles. The van der Waals surface area contributed by atoms with Crippen LogP contribution < -0.4 is 14.8 Å². The molecule has 2 N–H and O–H groups in total. The van der Waals surface area contributed by atoms with Crippen LogP contribution in [0.1, 0.15) is 30.3 Å². The number of furan rings is 1. The molecular weight excluding hydrogens is 270 g/mol. The van der Waals surface area contributed by atoms with Crippen LogP contribution in [-0.4, -0.2) is 25.9 Å². The minimum Gasteiger partial charge on any atom is -0.493 e. The van der Waals surface area contributed by atoms with Crippen LogP contribution >= 0.6 is 0 Å². The van der Waals surface area contributed by atoms with Crippen molar-refractivity contribution in [1.82, 2.24) is 5.32 Å². The maximum atomic E-state index is 9.51. The van der Waals surface area contributed by atoms with Gasteiger partial charge in [0.1, 0.15) is 5.76 Å². The van der Waals surface area contributed by atoms with Crippen molar-refractivity contribution in [1.29, 1.82) is 0 Å². The van der Waals surface area contributed by atoms with E-state index in [1.807, 2.05) is 31.2 Å². The predicted molar refractivity (Wildman–Crippen MR) is 79.6 cm³/mol. The summed E-state index contributed by atoms with van der Waals surface area (Å²) in [6, 6.07) is 9.18. The average molecular weight is 291 g/mol. The molecule has 5 heteroatoms. The zero-order valence-electron chi connectivity index (χ0n) is 12.5. The van der Waals surface area contributed by atoms with E-state index in [2.05, 4.69) is 5.32 Å². The summed E-state index contributed by atoms with van der Waals surface area (Å²) < 4.78 is 15.9. The molecule has 2 atom stereocenters. The molecule has 2 aromatic rings. The molecule has 0 aliphatic heterocycles. The predicted octanol–water partition coefficient (Wildman–Crippen LogP) is 2.68. The topological polar surface area (TPSA) is 63.9 Å². The number of nitrogens with one attached hydrogen (secondary N) is 1. The van der Waals surface area contributed by atoms with Crippen LogP contribution in [0.25, 0.3) is 0 Å². The fourth-order valence-corrected chi connectivity index (χ4v) is 2.23. The van der Waals surface area contributed by atoms with E-state index in [-0.39, 0.29) is 18.7 Å². The van der Waals surface area contributed by atoms with E-state index >= 15 is 0 Å². The van der Waals surface area contributed by atoms with Crippen LogP contribution in [0.5, 0.6) is 11.5 Å². The minimum atomic E-state index is -0.247. The Labute approximate surface area is 124 Å². The van der Waals surface area contributed by atoms with Crippen LogP contribution in [-0.2, 0) is 0 Å². The highest BCUT2D eigenvalue weighted by molar-refractivity contribution is 5.43. The van der Waals surface area contributed by atoms with Gasteiger partial charge in [0.15, 0.2) is 11.5 Å². The lowest BCUT2D eigenvalue weighted by atomic mass is 10.1. The fourth-order valence-electron chi connectivity index (χ4n) is 2.23. The molecule has 2 unspecified atom stereocenters. The molecule has 1 aromatic carbocycles. The molecule has 0 saturated heterocycles. The number of methoxy groups -OCH3 is 2. The van der Waals surface area contributed by atoms with Gasteiger partial charge < -0.3 is 19.0 Å². The van der Waals surface area contributed by atoms with Gasteiger partial charge in [-0.1, -0.05) is 6.07 Å². The third-order valence-electron chi connectivity index (χ3n) is 3.43. The normalized spacial score (nSPS) is 13.7. The summed E-state index contributed by atoms with van der Waals surface area (Å²) in [5.41, 5.74) is 1.04. The van der Waals surface area contributed by atoms with Crippen LogP contribution in [0.15, 0.2) is 41.0 Å². The quantitative estimate of drug-likeness (QED) is 0.821. The van der Waals surface area contributed by atoms with Gasteiger partial charge in [0.2, 0.25) is 0 Å². The Kier molecular flexibility index (Phi) is 5.25. The van der Waals surface area contributed by atoms with Crippen molar-refractivity contribution >= 4 is 0 Å². The summed E-state index contributed by atoms with van der Waals surface area (Å²) in [4.78, 5) is 0. The van der Waals surface area contributed by atoms with E-state index in [1.54, 1.807) is 26.5 Å². The summed E-state index contributed by atoms with van der Waals surface area (Å²) in [6.45, 7) is 1.98. The Morgan fingerprint density at radius 1 is 1.19 bits per heavy atom. The first-order valence-electron chi connectivity index (χ1n) is 6.81. The Hall–Kier alpha value is -1.98. The van der Waals surface area contributed by atoms with E-state index in [4.69, 9.17) is 13.9 Å². The number of hydrogen-bond donors (Lipinski definition) is 2. The lowest BCUT2D eigenvalue weighted by molar-refractivity contribution is 0.217. The first kappa shape index (κ1) is 15.4. The first-order chi connectivity index (χ1) is 10.2. The molecule has 1 heterocycles. The Morgan fingerprint density at radius 2 is 1.95 bits per heavy atom. The van der Waals surface area contributed by atoms with Gasteiger partial charge in [0, 0.05) is 6.04 Å².